The quantitative estimate of drug-likeness (QED) is 0.639. The Morgan fingerprint density at radius 3 is 2.65 bits per heavy atom. The zero-order chi connectivity index (χ0) is 14.5. The molecule has 1 aromatic heterocycles. The average Bonchev–Trinajstić information content (AvgIpc) is 2.53. The van der Waals surface area contributed by atoms with Crippen LogP contribution in [0.4, 0.5) is 11.5 Å². The number of amides is 1. The number of hydrogen-bond acceptors (Lipinski definition) is 6. The van der Waals surface area contributed by atoms with Gasteiger partial charge in [0.15, 0.2) is 5.82 Å². The molecule has 0 saturated heterocycles. The zero-order valence-corrected chi connectivity index (χ0v) is 11.2. The van der Waals surface area contributed by atoms with Crippen LogP contribution in [0, 0.1) is 0 Å². The third-order valence-electron chi connectivity index (χ3n) is 2.77. The molecule has 0 bridgehead atoms. The Kier molecular flexibility index (Phi) is 4.11. The van der Waals surface area contributed by atoms with Gasteiger partial charge in [0.1, 0.15) is 11.4 Å². The molecular formula is C13H15N5O2. The van der Waals surface area contributed by atoms with E-state index in [1.165, 1.54) is 17.3 Å². The maximum absolute atomic E-state index is 12.3. The molecule has 0 aliphatic carbocycles. The van der Waals surface area contributed by atoms with Gasteiger partial charge in [-0.25, -0.2) is 15.8 Å². The summed E-state index contributed by atoms with van der Waals surface area (Å²) in [5.41, 5.74) is 3.23. The fourth-order valence-corrected chi connectivity index (χ4v) is 1.70. The van der Waals surface area contributed by atoms with Crippen molar-refractivity contribution in [3.05, 3.63) is 42.4 Å². The molecular weight excluding hydrogens is 258 g/mol. The average molecular weight is 273 g/mol. The van der Waals surface area contributed by atoms with E-state index in [-0.39, 0.29) is 11.6 Å². The van der Waals surface area contributed by atoms with Gasteiger partial charge >= 0.3 is 0 Å². The number of anilines is 2. The van der Waals surface area contributed by atoms with Crippen molar-refractivity contribution >= 4 is 17.4 Å². The number of para-hydroxylation sites is 2. The van der Waals surface area contributed by atoms with Crippen molar-refractivity contribution < 1.29 is 9.53 Å². The zero-order valence-electron chi connectivity index (χ0n) is 11.2. The monoisotopic (exact) mass is 273 g/mol. The second kappa shape index (κ2) is 5.98. The molecule has 0 atom stereocenters. The van der Waals surface area contributed by atoms with E-state index in [0.29, 0.717) is 17.3 Å². The number of nitrogen functional groups attached to an aromatic ring is 1. The van der Waals surface area contributed by atoms with Crippen LogP contribution in [0.3, 0.4) is 0 Å². The molecule has 1 aromatic carbocycles. The Morgan fingerprint density at radius 1 is 1.30 bits per heavy atom. The lowest BCUT2D eigenvalue weighted by atomic mass is 10.2. The molecule has 1 amide bonds. The number of nitrogens with one attached hydrogen (secondary N) is 1. The summed E-state index contributed by atoms with van der Waals surface area (Å²) >= 11 is 0. The lowest BCUT2D eigenvalue weighted by Gasteiger charge is -2.19. The molecule has 3 N–H and O–H groups in total. The Bertz CT molecular complexity index is 600. The van der Waals surface area contributed by atoms with Crippen LogP contribution in [-0.2, 0) is 0 Å². The third-order valence-corrected chi connectivity index (χ3v) is 2.77. The lowest BCUT2D eigenvalue weighted by molar-refractivity contribution is 0.0987. The molecule has 0 aliphatic heterocycles. The smallest absolute Gasteiger partial charge is 0.278 e. The number of rotatable bonds is 4. The first kappa shape index (κ1) is 13.8. The highest BCUT2D eigenvalue weighted by Crippen LogP contribution is 2.27. The Labute approximate surface area is 116 Å². The van der Waals surface area contributed by atoms with E-state index in [1.807, 2.05) is 12.1 Å². The largest absolute Gasteiger partial charge is 0.495 e. The normalized spacial score (nSPS) is 9.95. The van der Waals surface area contributed by atoms with Gasteiger partial charge < -0.3 is 15.1 Å². The van der Waals surface area contributed by atoms with Crippen LogP contribution in [0.2, 0.25) is 0 Å². The first-order valence-corrected chi connectivity index (χ1v) is 5.87. The van der Waals surface area contributed by atoms with Crippen LogP contribution in [-0.4, -0.2) is 30.0 Å². The summed E-state index contributed by atoms with van der Waals surface area (Å²) in [6, 6.07) is 7.24. The van der Waals surface area contributed by atoms with Crippen molar-refractivity contribution in [2.45, 2.75) is 0 Å². The van der Waals surface area contributed by atoms with E-state index < -0.39 is 0 Å². The number of carbonyl (C=O) groups excluding carboxylic acids is 1. The number of aromatic nitrogens is 2. The van der Waals surface area contributed by atoms with Crippen LogP contribution in [0.5, 0.6) is 5.75 Å². The maximum Gasteiger partial charge on any atom is 0.278 e. The predicted molar refractivity (Wildman–Crippen MR) is 75.6 cm³/mol. The molecule has 0 aliphatic rings. The first-order chi connectivity index (χ1) is 9.67. The Morgan fingerprint density at radius 2 is 2.05 bits per heavy atom. The van der Waals surface area contributed by atoms with E-state index in [9.17, 15) is 4.79 Å². The SMILES string of the molecule is COc1ccccc1N(C)C(=O)c1cnc(NN)cn1. The summed E-state index contributed by atoms with van der Waals surface area (Å²) in [6.07, 6.45) is 2.76. The molecule has 104 valence electrons. The van der Waals surface area contributed by atoms with Gasteiger partial charge in [-0.3, -0.25) is 4.79 Å². The fraction of sp³-hybridized carbons (Fsp3) is 0.154. The van der Waals surface area contributed by atoms with Crippen molar-refractivity contribution in [1.82, 2.24) is 9.97 Å². The molecule has 20 heavy (non-hydrogen) atoms. The Hall–Kier alpha value is -2.67. The summed E-state index contributed by atoms with van der Waals surface area (Å²) in [7, 11) is 3.20. The molecule has 0 unspecified atom stereocenters. The van der Waals surface area contributed by atoms with Crippen LogP contribution in [0.25, 0.3) is 0 Å². The van der Waals surface area contributed by atoms with E-state index >= 15 is 0 Å². The second-order valence-electron chi connectivity index (χ2n) is 3.97. The van der Waals surface area contributed by atoms with Gasteiger partial charge in [0.05, 0.1) is 25.2 Å². The molecule has 0 saturated carbocycles. The summed E-state index contributed by atoms with van der Waals surface area (Å²) in [5, 5.41) is 0. The van der Waals surface area contributed by atoms with Gasteiger partial charge in [-0.2, -0.15) is 0 Å². The van der Waals surface area contributed by atoms with Crippen molar-refractivity contribution in [2.75, 3.05) is 24.5 Å². The van der Waals surface area contributed by atoms with Crippen LogP contribution >= 0.6 is 0 Å². The molecule has 2 aromatic rings. The molecule has 0 spiro atoms. The van der Waals surface area contributed by atoms with Crippen LogP contribution in [0.15, 0.2) is 36.7 Å². The molecule has 0 radical (unpaired) electrons. The van der Waals surface area contributed by atoms with E-state index in [1.54, 1.807) is 26.3 Å². The minimum Gasteiger partial charge on any atom is -0.495 e. The van der Waals surface area contributed by atoms with E-state index in [2.05, 4.69) is 15.4 Å². The fourth-order valence-electron chi connectivity index (χ4n) is 1.70. The summed E-state index contributed by atoms with van der Waals surface area (Å²) in [4.78, 5) is 21.8. The van der Waals surface area contributed by atoms with Gasteiger partial charge in [-0.05, 0) is 12.1 Å². The van der Waals surface area contributed by atoms with E-state index in [0.717, 1.165) is 0 Å². The first-order valence-electron chi connectivity index (χ1n) is 5.87. The summed E-state index contributed by atoms with van der Waals surface area (Å²) in [6.45, 7) is 0. The topological polar surface area (TPSA) is 93.4 Å². The molecule has 2 rings (SSSR count). The maximum atomic E-state index is 12.3. The molecule has 7 nitrogen and oxygen atoms in total. The lowest BCUT2D eigenvalue weighted by Crippen LogP contribution is -2.27. The second-order valence-corrected chi connectivity index (χ2v) is 3.97. The third kappa shape index (κ3) is 2.67. The Balaban J connectivity index is 2.27. The number of nitrogens with two attached hydrogens (primary N) is 1. The standard InChI is InChI=1S/C13H15N5O2/c1-18(10-5-3-4-6-11(10)20-2)13(19)9-7-16-12(17-14)8-15-9/h3-8H,14H2,1-2H3,(H,16,17). The summed E-state index contributed by atoms with van der Waals surface area (Å²) < 4.78 is 5.23. The highest BCUT2D eigenvalue weighted by atomic mass is 16.5. The van der Waals surface area contributed by atoms with Gasteiger partial charge in [0.2, 0.25) is 0 Å². The van der Waals surface area contributed by atoms with Gasteiger partial charge in [-0.1, -0.05) is 12.1 Å². The van der Waals surface area contributed by atoms with E-state index in [4.69, 9.17) is 10.6 Å². The van der Waals surface area contributed by atoms with Crippen LogP contribution in [0.1, 0.15) is 10.5 Å². The number of carbonyl (C=O) groups is 1. The van der Waals surface area contributed by atoms with Gasteiger partial charge in [0, 0.05) is 7.05 Å². The van der Waals surface area contributed by atoms with Crippen molar-refractivity contribution in [1.29, 1.82) is 0 Å². The number of hydrazine groups is 1. The van der Waals surface area contributed by atoms with Crippen molar-refractivity contribution in [2.24, 2.45) is 5.84 Å². The molecule has 1 heterocycles. The van der Waals surface area contributed by atoms with Gasteiger partial charge in [0.25, 0.3) is 5.91 Å². The number of ether oxygens (including phenoxy) is 1. The minimum atomic E-state index is -0.287. The number of benzene rings is 1. The number of nitrogens with zero attached hydrogens (tertiary/aromatic N) is 3. The van der Waals surface area contributed by atoms with Gasteiger partial charge in [-0.15, -0.1) is 0 Å². The van der Waals surface area contributed by atoms with Crippen molar-refractivity contribution in [3.8, 4) is 5.75 Å². The van der Waals surface area contributed by atoms with Crippen LogP contribution < -0.4 is 20.9 Å². The summed E-state index contributed by atoms with van der Waals surface area (Å²) in [5.74, 6) is 5.91. The predicted octanol–water partition coefficient (Wildman–Crippen LogP) is 1.05. The highest BCUT2D eigenvalue weighted by molar-refractivity contribution is 6.05. The molecule has 0 fully saturated rings. The highest BCUT2D eigenvalue weighted by Gasteiger charge is 2.18. The van der Waals surface area contributed by atoms with Crippen molar-refractivity contribution in [3.63, 3.8) is 0 Å². The molecule has 7 heteroatoms. The number of methoxy groups -OCH3 is 1. The number of hydrogen-bond donors (Lipinski definition) is 2. The minimum absolute atomic E-state index is 0.220.